The van der Waals surface area contributed by atoms with Gasteiger partial charge in [-0.2, -0.15) is 10.2 Å². The monoisotopic (exact) mass is 536 g/mol. The summed E-state index contributed by atoms with van der Waals surface area (Å²) in [6.07, 6.45) is 1.50. The number of hydrogen-bond donors (Lipinski definition) is 0. The molecule has 1 aliphatic rings. The maximum Gasteiger partial charge on any atom is 0.358 e. The zero-order valence-electron chi connectivity index (χ0n) is 21.0. The minimum atomic E-state index is -0.522. The number of piperazine rings is 1. The molecule has 1 amide bonds. The number of halogens is 2. The number of rotatable bonds is 6. The molecule has 0 radical (unpaired) electrons. The Hall–Kier alpha value is -4.18. The zero-order valence-corrected chi connectivity index (χ0v) is 21.7. The van der Waals surface area contributed by atoms with E-state index < -0.39 is 5.97 Å². The van der Waals surface area contributed by atoms with Gasteiger partial charge >= 0.3 is 5.97 Å². The average Bonchev–Trinajstić information content (AvgIpc) is 3.53. The molecule has 2 aromatic heterocycles. The summed E-state index contributed by atoms with van der Waals surface area (Å²) in [5.41, 5.74) is 3.72. The SMILES string of the molecule is CCOC(=O)c1cc(-c2ccc(N3CCN(C(=O)c4cnn(C)c4Cl)CC3)cc2)n(-c2ccc(F)cc2)n1. The molecule has 11 heteroatoms. The van der Waals surface area contributed by atoms with Crippen molar-refractivity contribution in [1.29, 1.82) is 0 Å². The van der Waals surface area contributed by atoms with Crippen LogP contribution in [0.2, 0.25) is 5.15 Å². The molecule has 2 aromatic carbocycles. The lowest BCUT2D eigenvalue weighted by Crippen LogP contribution is -2.48. The largest absolute Gasteiger partial charge is 0.461 e. The van der Waals surface area contributed by atoms with Crippen molar-refractivity contribution in [2.45, 2.75) is 6.92 Å². The Bertz CT molecular complexity index is 1460. The van der Waals surface area contributed by atoms with E-state index in [9.17, 15) is 14.0 Å². The quantitative estimate of drug-likeness (QED) is 0.343. The predicted octanol–water partition coefficient (Wildman–Crippen LogP) is 4.20. The fourth-order valence-corrected chi connectivity index (χ4v) is 4.59. The van der Waals surface area contributed by atoms with Gasteiger partial charge in [-0.05, 0) is 49.4 Å². The van der Waals surface area contributed by atoms with E-state index in [1.807, 2.05) is 24.3 Å². The summed E-state index contributed by atoms with van der Waals surface area (Å²) in [7, 11) is 1.70. The molecule has 0 saturated carbocycles. The molecule has 3 heterocycles. The average molecular weight is 537 g/mol. The van der Waals surface area contributed by atoms with Crippen LogP contribution in [0.25, 0.3) is 16.9 Å². The maximum absolute atomic E-state index is 13.5. The Kier molecular flexibility index (Phi) is 7.15. The van der Waals surface area contributed by atoms with Crippen molar-refractivity contribution in [3.8, 4) is 16.9 Å². The third-order valence-corrected chi connectivity index (χ3v) is 6.91. The van der Waals surface area contributed by atoms with E-state index in [0.717, 1.165) is 11.3 Å². The van der Waals surface area contributed by atoms with E-state index in [1.165, 1.54) is 23.0 Å². The van der Waals surface area contributed by atoms with Crippen LogP contribution in [0, 0.1) is 5.82 Å². The molecular weight excluding hydrogens is 511 g/mol. The number of hydrogen-bond acceptors (Lipinski definition) is 6. The van der Waals surface area contributed by atoms with E-state index in [-0.39, 0.29) is 24.0 Å². The van der Waals surface area contributed by atoms with Crippen molar-refractivity contribution in [2.24, 2.45) is 7.05 Å². The highest BCUT2D eigenvalue weighted by molar-refractivity contribution is 6.32. The molecule has 1 aliphatic heterocycles. The Morgan fingerprint density at radius 1 is 1.00 bits per heavy atom. The van der Waals surface area contributed by atoms with Crippen molar-refractivity contribution in [3.63, 3.8) is 0 Å². The van der Waals surface area contributed by atoms with Gasteiger partial charge in [0.15, 0.2) is 5.69 Å². The van der Waals surface area contributed by atoms with Crippen LogP contribution in [0.3, 0.4) is 0 Å². The molecule has 196 valence electrons. The molecule has 9 nitrogen and oxygen atoms in total. The Balaban J connectivity index is 1.34. The molecule has 0 unspecified atom stereocenters. The highest BCUT2D eigenvalue weighted by Gasteiger charge is 2.25. The standard InChI is InChI=1S/C27H26ClFN6O3/c1-3-38-27(37)23-16-24(35(31-23)21-10-6-19(29)7-11-21)18-4-8-20(9-5-18)33-12-14-34(15-13-33)26(36)22-17-30-32(2)25(22)28/h4-11,16-17H,3,12-15H2,1-2H3. The lowest BCUT2D eigenvalue weighted by Gasteiger charge is -2.36. The fraction of sp³-hybridized carbons (Fsp3) is 0.259. The van der Waals surface area contributed by atoms with Gasteiger partial charge in [0.2, 0.25) is 0 Å². The van der Waals surface area contributed by atoms with E-state index in [2.05, 4.69) is 15.1 Å². The van der Waals surface area contributed by atoms with Crippen LogP contribution >= 0.6 is 11.6 Å². The summed E-state index contributed by atoms with van der Waals surface area (Å²) in [6.45, 7) is 4.43. The first kappa shape index (κ1) is 25.5. The molecule has 0 aliphatic carbocycles. The number of ether oxygens (including phenoxy) is 1. The van der Waals surface area contributed by atoms with Crippen LogP contribution in [0.5, 0.6) is 0 Å². The third-order valence-electron chi connectivity index (χ3n) is 6.46. The molecule has 0 bridgehead atoms. The molecular formula is C27H26ClFN6O3. The van der Waals surface area contributed by atoms with E-state index in [1.54, 1.807) is 41.8 Å². The highest BCUT2D eigenvalue weighted by atomic mass is 35.5. The number of carbonyl (C=O) groups excluding carboxylic acids is 2. The van der Waals surface area contributed by atoms with Gasteiger partial charge in [-0.3, -0.25) is 9.48 Å². The number of amides is 1. The van der Waals surface area contributed by atoms with Crippen LogP contribution in [-0.2, 0) is 11.8 Å². The van der Waals surface area contributed by atoms with Gasteiger partial charge < -0.3 is 14.5 Å². The molecule has 1 saturated heterocycles. The highest BCUT2D eigenvalue weighted by Crippen LogP contribution is 2.28. The van der Waals surface area contributed by atoms with Crippen molar-refractivity contribution < 1.29 is 18.7 Å². The first-order valence-corrected chi connectivity index (χ1v) is 12.6. The van der Waals surface area contributed by atoms with Crippen LogP contribution in [0.4, 0.5) is 10.1 Å². The van der Waals surface area contributed by atoms with Crippen LogP contribution in [0.1, 0.15) is 27.8 Å². The second-order valence-electron chi connectivity index (χ2n) is 8.82. The number of anilines is 1. The van der Waals surface area contributed by atoms with Crippen molar-refractivity contribution in [3.05, 3.63) is 83.0 Å². The van der Waals surface area contributed by atoms with Gasteiger partial charge in [-0.25, -0.2) is 13.9 Å². The number of nitrogens with zero attached hydrogens (tertiary/aromatic N) is 6. The molecule has 1 fully saturated rings. The number of aromatic nitrogens is 4. The van der Waals surface area contributed by atoms with Crippen LogP contribution < -0.4 is 4.90 Å². The summed E-state index contributed by atoms with van der Waals surface area (Å²) < 4.78 is 21.7. The predicted molar refractivity (Wildman–Crippen MR) is 141 cm³/mol. The Labute approximate surface area is 224 Å². The number of benzene rings is 2. The minimum absolute atomic E-state index is 0.121. The lowest BCUT2D eigenvalue weighted by atomic mass is 10.1. The number of esters is 1. The Morgan fingerprint density at radius 3 is 2.26 bits per heavy atom. The normalized spacial score (nSPS) is 13.6. The summed E-state index contributed by atoms with van der Waals surface area (Å²) in [4.78, 5) is 29.2. The van der Waals surface area contributed by atoms with Crippen LogP contribution in [-0.4, -0.2) is 69.1 Å². The van der Waals surface area contributed by atoms with Gasteiger partial charge in [-0.1, -0.05) is 23.7 Å². The van der Waals surface area contributed by atoms with Crippen LogP contribution in [0.15, 0.2) is 60.8 Å². The first-order chi connectivity index (χ1) is 18.4. The smallest absolute Gasteiger partial charge is 0.358 e. The third kappa shape index (κ3) is 4.99. The maximum atomic E-state index is 13.5. The van der Waals surface area contributed by atoms with E-state index in [4.69, 9.17) is 16.3 Å². The summed E-state index contributed by atoms with van der Waals surface area (Å²) in [6, 6.07) is 15.5. The summed E-state index contributed by atoms with van der Waals surface area (Å²) in [5.74, 6) is -1.00. The van der Waals surface area contributed by atoms with Gasteiger partial charge in [-0.15, -0.1) is 0 Å². The molecule has 38 heavy (non-hydrogen) atoms. The van der Waals surface area contributed by atoms with Gasteiger partial charge in [0.05, 0.1) is 29.7 Å². The van der Waals surface area contributed by atoms with Crippen molar-refractivity contribution in [2.75, 3.05) is 37.7 Å². The summed E-state index contributed by atoms with van der Waals surface area (Å²) in [5, 5.41) is 8.82. The molecule has 0 atom stereocenters. The molecule has 5 rings (SSSR count). The first-order valence-electron chi connectivity index (χ1n) is 12.2. The number of aryl methyl sites for hydroxylation is 1. The fourth-order valence-electron chi connectivity index (χ4n) is 4.42. The van der Waals surface area contributed by atoms with Gasteiger partial charge in [0, 0.05) is 44.5 Å². The molecule has 0 N–H and O–H groups in total. The molecule has 4 aromatic rings. The second kappa shape index (κ2) is 10.7. The minimum Gasteiger partial charge on any atom is -0.461 e. The summed E-state index contributed by atoms with van der Waals surface area (Å²) >= 11 is 6.20. The zero-order chi connectivity index (χ0) is 26.8. The van der Waals surface area contributed by atoms with Crippen molar-refractivity contribution >= 4 is 29.2 Å². The van der Waals surface area contributed by atoms with Gasteiger partial charge in [0.1, 0.15) is 11.0 Å². The molecule has 0 spiro atoms. The number of carbonyl (C=O) groups is 2. The van der Waals surface area contributed by atoms with E-state index in [0.29, 0.717) is 48.3 Å². The lowest BCUT2D eigenvalue weighted by molar-refractivity contribution is 0.0518. The Morgan fingerprint density at radius 2 is 1.66 bits per heavy atom. The van der Waals surface area contributed by atoms with Crippen molar-refractivity contribution in [1.82, 2.24) is 24.5 Å². The van der Waals surface area contributed by atoms with Gasteiger partial charge in [0.25, 0.3) is 5.91 Å². The van der Waals surface area contributed by atoms with E-state index >= 15 is 0 Å². The second-order valence-corrected chi connectivity index (χ2v) is 9.18. The topological polar surface area (TPSA) is 85.5 Å².